The maximum atomic E-state index is 6.18. The fourth-order valence-corrected chi connectivity index (χ4v) is 2.89. The molecule has 2 aromatic carbocycles. The Morgan fingerprint density at radius 3 is 2.60 bits per heavy atom. The van der Waals surface area contributed by atoms with Crippen LogP contribution in [0.4, 0.5) is 11.4 Å². The van der Waals surface area contributed by atoms with Crippen LogP contribution in [0.15, 0.2) is 54.9 Å². The number of hydrogen-bond donors (Lipinski definition) is 2. The summed E-state index contributed by atoms with van der Waals surface area (Å²) in [6.45, 7) is 2.55. The maximum absolute atomic E-state index is 6.18. The summed E-state index contributed by atoms with van der Waals surface area (Å²) in [5, 5.41) is 12.4. The van der Waals surface area contributed by atoms with E-state index in [0.29, 0.717) is 16.7 Å². The van der Waals surface area contributed by atoms with Gasteiger partial charge in [-0.25, -0.2) is 0 Å². The summed E-state index contributed by atoms with van der Waals surface area (Å²) in [5.74, 6) is 0. The molecule has 1 heterocycles. The molecule has 0 bridgehead atoms. The smallest absolute Gasteiger partial charge is 0.175 e. The number of hydrogen-bond acceptors (Lipinski definition) is 2. The number of benzene rings is 2. The molecule has 7 heteroatoms. The Morgan fingerprint density at radius 1 is 1.08 bits per heavy atom. The first kappa shape index (κ1) is 17.7. The largest absolute Gasteiger partial charge is 0.332 e. The summed E-state index contributed by atoms with van der Waals surface area (Å²) in [6, 6.07) is 13.4. The molecule has 25 heavy (non-hydrogen) atoms. The lowest BCUT2D eigenvalue weighted by Crippen LogP contribution is -2.18. The van der Waals surface area contributed by atoms with E-state index in [-0.39, 0.29) is 0 Å². The lowest BCUT2D eigenvalue weighted by atomic mass is 10.2. The number of rotatable bonds is 4. The van der Waals surface area contributed by atoms with Gasteiger partial charge in [-0.2, -0.15) is 5.10 Å². The van der Waals surface area contributed by atoms with Crippen LogP contribution in [0, 0.1) is 6.92 Å². The molecule has 0 atom stereocenters. The predicted octanol–water partition coefficient (Wildman–Crippen LogP) is 5.36. The molecule has 0 saturated heterocycles. The number of aryl methyl sites for hydroxylation is 1. The molecule has 0 spiro atoms. The minimum absolute atomic E-state index is 0.470. The third-order valence-electron chi connectivity index (χ3n) is 3.61. The van der Waals surface area contributed by atoms with Gasteiger partial charge in [-0.3, -0.25) is 4.68 Å². The second-order valence-corrected chi connectivity index (χ2v) is 6.78. The highest BCUT2D eigenvalue weighted by Gasteiger charge is 2.05. The number of nitrogens with one attached hydrogen (secondary N) is 2. The zero-order chi connectivity index (χ0) is 17.8. The SMILES string of the molecule is Cc1ccc(NC(=S)Nc2cnn(Cc3ccccc3Cl)c2)cc1Cl. The minimum atomic E-state index is 0.470. The van der Waals surface area contributed by atoms with Crippen LogP contribution in [-0.4, -0.2) is 14.9 Å². The van der Waals surface area contributed by atoms with E-state index in [4.69, 9.17) is 35.4 Å². The Bertz CT molecular complexity index is 908. The van der Waals surface area contributed by atoms with Crippen molar-refractivity contribution in [3.05, 3.63) is 76.0 Å². The van der Waals surface area contributed by atoms with E-state index in [9.17, 15) is 0 Å². The predicted molar refractivity (Wildman–Crippen MR) is 109 cm³/mol. The molecular formula is C18H16Cl2N4S. The summed E-state index contributed by atoms with van der Waals surface area (Å²) >= 11 is 17.6. The van der Waals surface area contributed by atoms with Gasteiger partial charge < -0.3 is 10.6 Å². The van der Waals surface area contributed by atoms with Crippen LogP contribution in [0.25, 0.3) is 0 Å². The quantitative estimate of drug-likeness (QED) is 0.588. The molecule has 2 N–H and O–H groups in total. The van der Waals surface area contributed by atoms with Crippen LogP contribution in [0.2, 0.25) is 10.0 Å². The van der Waals surface area contributed by atoms with Crippen molar-refractivity contribution in [2.45, 2.75) is 13.5 Å². The fourth-order valence-electron chi connectivity index (χ4n) is 2.28. The molecule has 0 saturated carbocycles. The number of anilines is 2. The topological polar surface area (TPSA) is 41.9 Å². The third kappa shape index (κ3) is 4.72. The van der Waals surface area contributed by atoms with E-state index >= 15 is 0 Å². The lowest BCUT2D eigenvalue weighted by Gasteiger charge is -2.10. The lowest BCUT2D eigenvalue weighted by molar-refractivity contribution is 0.687. The van der Waals surface area contributed by atoms with Crippen molar-refractivity contribution in [2.75, 3.05) is 10.6 Å². The van der Waals surface area contributed by atoms with Crippen LogP contribution in [0.3, 0.4) is 0 Å². The molecule has 3 aromatic rings. The standard InChI is InChI=1S/C18H16Cl2N4S/c1-12-6-7-14(8-17(12)20)22-18(25)23-15-9-21-24(11-15)10-13-4-2-3-5-16(13)19/h2-9,11H,10H2,1H3,(H2,22,23,25). The summed E-state index contributed by atoms with van der Waals surface area (Å²) in [4.78, 5) is 0. The van der Waals surface area contributed by atoms with Gasteiger partial charge in [0, 0.05) is 21.9 Å². The highest BCUT2D eigenvalue weighted by Crippen LogP contribution is 2.20. The van der Waals surface area contributed by atoms with Gasteiger partial charge in [0.1, 0.15) is 0 Å². The van der Waals surface area contributed by atoms with Crippen molar-refractivity contribution in [2.24, 2.45) is 0 Å². The van der Waals surface area contributed by atoms with Gasteiger partial charge in [-0.05, 0) is 48.5 Å². The molecule has 0 radical (unpaired) electrons. The average molecular weight is 391 g/mol. The second-order valence-electron chi connectivity index (χ2n) is 5.56. The van der Waals surface area contributed by atoms with Crippen LogP contribution >= 0.6 is 35.4 Å². The first-order chi connectivity index (χ1) is 12.0. The molecule has 0 aliphatic rings. The summed E-state index contributed by atoms with van der Waals surface area (Å²) in [5.41, 5.74) is 3.65. The van der Waals surface area contributed by atoms with E-state index in [1.165, 1.54) is 0 Å². The summed E-state index contributed by atoms with van der Waals surface area (Å²) in [7, 11) is 0. The molecule has 128 valence electrons. The molecule has 1 aromatic heterocycles. The highest BCUT2D eigenvalue weighted by molar-refractivity contribution is 7.80. The van der Waals surface area contributed by atoms with Gasteiger partial charge in [-0.1, -0.05) is 47.5 Å². The Morgan fingerprint density at radius 2 is 1.84 bits per heavy atom. The van der Waals surface area contributed by atoms with E-state index in [1.807, 2.05) is 55.6 Å². The number of nitrogens with zero attached hydrogens (tertiary/aromatic N) is 2. The number of thiocarbonyl (C=S) groups is 1. The first-order valence-electron chi connectivity index (χ1n) is 7.61. The fraction of sp³-hybridized carbons (Fsp3) is 0.111. The highest BCUT2D eigenvalue weighted by atomic mass is 35.5. The zero-order valence-electron chi connectivity index (χ0n) is 13.5. The van der Waals surface area contributed by atoms with E-state index in [2.05, 4.69) is 15.7 Å². The molecule has 0 unspecified atom stereocenters. The Labute approximate surface area is 161 Å². The monoisotopic (exact) mass is 390 g/mol. The summed E-state index contributed by atoms with van der Waals surface area (Å²) < 4.78 is 1.80. The van der Waals surface area contributed by atoms with Crippen molar-refractivity contribution in [1.82, 2.24) is 9.78 Å². The van der Waals surface area contributed by atoms with Gasteiger partial charge in [0.25, 0.3) is 0 Å². The van der Waals surface area contributed by atoms with Crippen LogP contribution in [0.5, 0.6) is 0 Å². The van der Waals surface area contributed by atoms with Crippen molar-refractivity contribution >= 4 is 51.9 Å². The zero-order valence-corrected chi connectivity index (χ0v) is 15.8. The average Bonchev–Trinajstić information content (AvgIpc) is 3.00. The van der Waals surface area contributed by atoms with Crippen LogP contribution < -0.4 is 10.6 Å². The van der Waals surface area contributed by atoms with E-state index < -0.39 is 0 Å². The molecule has 0 aliphatic carbocycles. The maximum Gasteiger partial charge on any atom is 0.175 e. The van der Waals surface area contributed by atoms with Gasteiger partial charge >= 0.3 is 0 Å². The van der Waals surface area contributed by atoms with Gasteiger partial charge in [0.2, 0.25) is 0 Å². The number of aromatic nitrogens is 2. The normalized spacial score (nSPS) is 10.5. The molecular weight excluding hydrogens is 375 g/mol. The number of halogens is 2. The van der Waals surface area contributed by atoms with Crippen molar-refractivity contribution < 1.29 is 0 Å². The van der Waals surface area contributed by atoms with Crippen LogP contribution in [-0.2, 0) is 6.54 Å². The Kier molecular flexibility index (Phi) is 5.58. The van der Waals surface area contributed by atoms with Crippen molar-refractivity contribution in [3.8, 4) is 0 Å². The van der Waals surface area contributed by atoms with E-state index in [1.54, 1.807) is 10.9 Å². The third-order valence-corrected chi connectivity index (χ3v) is 4.59. The Balaban J connectivity index is 1.61. The van der Waals surface area contributed by atoms with Crippen molar-refractivity contribution in [1.29, 1.82) is 0 Å². The van der Waals surface area contributed by atoms with E-state index in [0.717, 1.165) is 27.5 Å². The van der Waals surface area contributed by atoms with Gasteiger partial charge in [0.15, 0.2) is 5.11 Å². The van der Waals surface area contributed by atoms with Crippen molar-refractivity contribution in [3.63, 3.8) is 0 Å². The minimum Gasteiger partial charge on any atom is -0.332 e. The second kappa shape index (κ2) is 7.87. The molecule has 0 aliphatic heterocycles. The first-order valence-corrected chi connectivity index (χ1v) is 8.78. The summed E-state index contributed by atoms with van der Waals surface area (Å²) in [6.07, 6.45) is 3.59. The van der Waals surface area contributed by atoms with Crippen LogP contribution in [0.1, 0.15) is 11.1 Å². The molecule has 0 amide bonds. The molecule has 0 fully saturated rings. The molecule has 4 nitrogen and oxygen atoms in total. The van der Waals surface area contributed by atoms with Gasteiger partial charge in [0.05, 0.1) is 18.4 Å². The Hall–Kier alpha value is -2.08. The molecule has 3 rings (SSSR count). The van der Waals surface area contributed by atoms with Gasteiger partial charge in [-0.15, -0.1) is 0 Å².